The molecule has 2 heterocycles. The van der Waals surface area contributed by atoms with Gasteiger partial charge in [0.2, 0.25) is 0 Å². The second-order valence-corrected chi connectivity index (χ2v) is 7.12. The van der Waals surface area contributed by atoms with Gasteiger partial charge in [0.05, 0.1) is 39.7 Å². The third-order valence-electron chi connectivity index (χ3n) is 5.12. The van der Waals surface area contributed by atoms with E-state index in [2.05, 4.69) is 10.00 Å². The molecule has 31 heavy (non-hydrogen) atoms. The third kappa shape index (κ3) is 4.87. The maximum atomic E-state index is 10.4. The van der Waals surface area contributed by atoms with Crippen LogP contribution in [-0.2, 0) is 11.4 Å². The summed E-state index contributed by atoms with van der Waals surface area (Å²) in [7, 11) is 3.24. The Kier molecular flexibility index (Phi) is 6.49. The lowest BCUT2D eigenvalue weighted by Crippen LogP contribution is -2.37. The summed E-state index contributed by atoms with van der Waals surface area (Å²) >= 11 is 0. The Labute approximate surface area is 181 Å². The van der Waals surface area contributed by atoms with E-state index in [1.54, 1.807) is 26.4 Å². The van der Waals surface area contributed by atoms with Gasteiger partial charge in [-0.2, -0.15) is 0 Å². The van der Waals surface area contributed by atoms with Gasteiger partial charge in [-0.05, 0) is 36.4 Å². The molecule has 4 rings (SSSR count). The maximum Gasteiger partial charge on any atom is 0.174 e. The van der Waals surface area contributed by atoms with Crippen molar-refractivity contribution in [1.82, 2.24) is 19.7 Å². The summed E-state index contributed by atoms with van der Waals surface area (Å²) in [5.74, 6) is 2.76. The molecule has 8 nitrogen and oxygen atoms in total. The second-order valence-electron chi connectivity index (χ2n) is 7.12. The van der Waals surface area contributed by atoms with Gasteiger partial charge in [-0.15, -0.1) is 5.10 Å². The van der Waals surface area contributed by atoms with Crippen LogP contribution in [0.25, 0.3) is 23.5 Å². The van der Waals surface area contributed by atoms with Crippen molar-refractivity contribution in [2.75, 3.05) is 40.5 Å². The number of phenols is 1. The van der Waals surface area contributed by atoms with Crippen LogP contribution in [0.3, 0.4) is 0 Å². The van der Waals surface area contributed by atoms with E-state index in [1.807, 2.05) is 47.2 Å². The van der Waals surface area contributed by atoms with Crippen LogP contribution in [0.2, 0.25) is 0 Å². The summed E-state index contributed by atoms with van der Waals surface area (Å²) in [5, 5.41) is 15.1. The molecule has 162 valence electrons. The summed E-state index contributed by atoms with van der Waals surface area (Å²) in [6, 6.07) is 12.8. The van der Waals surface area contributed by atoms with Crippen molar-refractivity contribution >= 4 is 12.2 Å². The van der Waals surface area contributed by atoms with Crippen LogP contribution in [0.1, 0.15) is 11.4 Å². The number of methoxy groups -OCH3 is 2. The van der Waals surface area contributed by atoms with Crippen LogP contribution >= 0.6 is 0 Å². The highest BCUT2D eigenvalue weighted by Crippen LogP contribution is 2.29. The minimum atomic E-state index is 0.172. The molecular formula is C23H26N4O4. The number of morpholine rings is 1. The molecule has 1 N–H and O–H groups in total. The Bertz CT molecular complexity index is 1060. The standard InChI is InChI=1S/C23H26N4O4/c1-29-18-9-7-17(21(15-18)30-2)8-10-22-24-23(19-5-3-4-6-20(19)28)27(25-22)16-26-11-13-31-14-12-26/h3-10,15,28H,11-14,16H2,1-2H3/b10-8+. The first-order valence-electron chi connectivity index (χ1n) is 10.1. The van der Waals surface area contributed by atoms with Gasteiger partial charge in [0.25, 0.3) is 0 Å². The van der Waals surface area contributed by atoms with Gasteiger partial charge in [-0.3, -0.25) is 4.90 Å². The zero-order chi connectivity index (χ0) is 21.6. The Hall–Kier alpha value is -3.36. The molecule has 0 saturated carbocycles. The number of ether oxygens (including phenoxy) is 3. The Morgan fingerprint density at radius 2 is 1.87 bits per heavy atom. The van der Waals surface area contributed by atoms with Crippen molar-refractivity contribution in [2.45, 2.75) is 6.67 Å². The topological polar surface area (TPSA) is 81.9 Å². The molecule has 3 aromatic rings. The molecule has 1 saturated heterocycles. The van der Waals surface area contributed by atoms with Crippen LogP contribution in [0, 0.1) is 0 Å². The van der Waals surface area contributed by atoms with Gasteiger partial charge in [0.15, 0.2) is 11.6 Å². The summed E-state index contributed by atoms with van der Waals surface area (Å²) < 4.78 is 18.0. The van der Waals surface area contributed by atoms with E-state index in [4.69, 9.17) is 19.2 Å². The quantitative estimate of drug-likeness (QED) is 0.626. The largest absolute Gasteiger partial charge is 0.507 e. The number of phenolic OH excluding ortho intramolecular Hbond substituents is 1. The van der Waals surface area contributed by atoms with Gasteiger partial charge in [0, 0.05) is 24.7 Å². The highest BCUT2D eigenvalue weighted by molar-refractivity contribution is 5.72. The first kappa shape index (κ1) is 20.9. The number of nitrogens with zero attached hydrogens (tertiary/aromatic N) is 4. The number of para-hydroxylation sites is 1. The van der Waals surface area contributed by atoms with Crippen molar-refractivity contribution in [3.8, 4) is 28.6 Å². The molecular weight excluding hydrogens is 396 g/mol. The van der Waals surface area contributed by atoms with E-state index >= 15 is 0 Å². The predicted molar refractivity (Wildman–Crippen MR) is 118 cm³/mol. The molecule has 2 aromatic carbocycles. The molecule has 0 spiro atoms. The Morgan fingerprint density at radius 1 is 1.06 bits per heavy atom. The predicted octanol–water partition coefficient (Wildman–Crippen LogP) is 3.13. The normalized spacial score (nSPS) is 14.8. The van der Waals surface area contributed by atoms with Crippen LogP contribution in [-0.4, -0.2) is 65.3 Å². The number of benzene rings is 2. The number of aromatic nitrogens is 3. The minimum absolute atomic E-state index is 0.172. The minimum Gasteiger partial charge on any atom is -0.507 e. The average molecular weight is 422 g/mol. The third-order valence-corrected chi connectivity index (χ3v) is 5.12. The Balaban J connectivity index is 1.66. The smallest absolute Gasteiger partial charge is 0.174 e. The van der Waals surface area contributed by atoms with Crippen molar-refractivity contribution < 1.29 is 19.3 Å². The molecule has 1 aromatic heterocycles. The van der Waals surface area contributed by atoms with Crippen LogP contribution in [0.5, 0.6) is 17.2 Å². The molecule has 0 unspecified atom stereocenters. The first-order valence-corrected chi connectivity index (χ1v) is 10.1. The van der Waals surface area contributed by atoms with Crippen LogP contribution in [0.4, 0.5) is 0 Å². The molecule has 0 amide bonds. The zero-order valence-corrected chi connectivity index (χ0v) is 17.7. The van der Waals surface area contributed by atoms with Crippen molar-refractivity contribution in [3.63, 3.8) is 0 Å². The van der Waals surface area contributed by atoms with Crippen molar-refractivity contribution in [3.05, 3.63) is 53.9 Å². The van der Waals surface area contributed by atoms with Gasteiger partial charge < -0.3 is 19.3 Å². The summed E-state index contributed by atoms with van der Waals surface area (Å²) in [6.07, 6.45) is 3.74. The van der Waals surface area contributed by atoms with E-state index in [0.717, 1.165) is 24.4 Å². The monoisotopic (exact) mass is 422 g/mol. The summed E-state index contributed by atoms with van der Waals surface area (Å²) in [4.78, 5) is 6.94. The van der Waals surface area contributed by atoms with Gasteiger partial charge in [-0.25, -0.2) is 9.67 Å². The summed E-state index contributed by atoms with van der Waals surface area (Å²) in [6.45, 7) is 3.62. The highest BCUT2D eigenvalue weighted by atomic mass is 16.5. The van der Waals surface area contributed by atoms with Gasteiger partial charge >= 0.3 is 0 Å². The molecule has 0 bridgehead atoms. The van der Waals surface area contributed by atoms with Crippen LogP contribution < -0.4 is 9.47 Å². The van der Waals surface area contributed by atoms with E-state index in [9.17, 15) is 5.11 Å². The van der Waals surface area contributed by atoms with E-state index in [0.29, 0.717) is 42.8 Å². The molecule has 1 aliphatic heterocycles. The molecule has 0 atom stereocenters. The Morgan fingerprint density at radius 3 is 2.61 bits per heavy atom. The van der Waals surface area contributed by atoms with Crippen LogP contribution in [0.15, 0.2) is 42.5 Å². The fourth-order valence-corrected chi connectivity index (χ4v) is 3.44. The zero-order valence-electron chi connectivity index (χ0n) is 17.7. The lowest BCUT2D eigenvalue weighted by molar-refractivity contribution is 0.0216. The highest BCUT2D eigenvalue weighted by Gasteiger charge is 2.18. The SMILES string of the molecule is COc1ccc(/C=C/c2nc(-c3ccccc3O)n(CN3CCOCC3)n2)c(OC)c1. The molecule has 1 aliphatic rings. The number of aromatic hydroxyl groups is 1. The number of hydrogen-bond acceptors (Lipinski definition) is 7. The van der Waals surface area contributed by atoms with Crippen molar-refractivity contribution in [1.29, 1.82) is 0 Å². The lowest BCUT2D eigenvalue weighted by atomic mass is 10.1. The molecule has 1 fully saturated rings. The molecule has 0 radical (unpaired) electrons. The van der Waals surface area contributed by atoms with Gasteiger partial charge in [0.1, 0.15) is 17.2 Å². The van der Waals surface area contributed by atoms with Gasteiger partial charge in [-0.1, -0.05) is 12.1 Å². The van der Waals surface area contributed by atoms with Crippen molar-refractivity contribution in [2.24, 2.45) is 0 Å². The number of rotatable bonds is 7. The fourth-order valence-electron chi connectivity index (χ4n) is 3.44. The molecule has 8 heteroatoms. The fraction of sp³-hybridized carbons (Fsp3) is 0.304. The van der Waals surface area contributed by atoms with E-state index in [1.165, 1.54) is 0 Å². The first-order chi connectivity index (χ1) is 15.2. The molecule has 0 aliphatic carbocycles. The lowest BCUT2D eigenvalue weighted by Gasteiger charge is -2.26. The van der Waals surface area contributed by atoms with E-state index < -0.39 is 0 Å². The average Bonchev–Trinajstić information content (AvgIpc) is 3.20. The maximum absolute atomic E-state index is 10.4. The summed E-state index contributed by atoms with van der Waals surface area (Å²) in [5.41, 5.74) is 1.53. The van der Waals surface area contributed by atoms with E-state index in [-0.39, 0.29) is 5.75 Å². The second kappa shape index (κ2) is 9.63. The number of hydrogen-bond donors (Lipinski definition) is 1.